The zero-order valence-electron chi connectivity index (χ0n) is 14.2. The Labute approximate surface area is 149 Å². The Morgan fingerprint density at radius 3 is 2.56 bits per heavy atom. The molecule has 3 nitrogen and oxygen atoms in total. The molecule has 0 saturated carbocycles. The minimum atomic E-state index is -0.196. The maximum Gasteiger partial charge on any atom is 0.279 e. The summed E-state index contributed by atoms with van der Waals surface area (Å²) in [4.78, 5) is 17.7. The molecule has 4 heteroatoms. The van der Waals surface area contributed by atoms with Crippen molar-refractivity contribution in [2.45, 2.75) is 20.4 Å². The van der Waals surface area contributed by atoms with Crippen molar-refractivity contribution in [3.05, 3.63) is 76.6 Å². The molecule has 124 valence electrons. The number of benzene rings is 3. The molecule has 0 aliphatic rings. The van der Waals surface area contributed by atoms with E-state index in [2.05, 4.69) is 40.7 Å². The predicted molar refractivity (Wildman–Crippen MR) is 104 cm³/mol. The van der Waals surface area contributed by atoms with Crippen LogP contribution in [0, 0.1) is 6.92 Å². The summed E-state index contributed by atoms with van der Waals surface area (Å²) in [6.45, 7) is 4.86. The molecule has 0 fully saturated rings. The summed E-state index contributed by atoms with van der Waals surface area (Å²) in [5, 5.41) is 2.41. The molecule has 0 spiro atoms. The van der Waals surface area contributed by atoms with Gasteiger partial charge >= 0.3 is 0 Å². The zero-order valence-corrected chi connectivity index (χ0v) is 15.0. The summed E-state index contributed by atoms with van der Waals surface area (Å²) >= 11 is 1.58. The minimum absolute atomic E-state index is 0.196. The van der Waals surface area contributed by atoms with Crippen LogP contribution in [0.15, 0.2) is 65.7 Å². The van der Waals surface area contributed by atoms with Crippen molar-refractivity contribution in [1.82, 2.24) is 4.57 Å². The third-order valence-electron chi connectivity index (χ3n) is 4.39. The number of amides is 1. The van der Waals surface area contributed by atoms with Crippen molar-refractivity contribution >= 4 is 38.2 Å². The van der Waals surface area contributed by atoms with Crippen LogP contribution < -0.4 is 4.80 Å². The van der Waals surface area contributed by atoms with Crippen LogP contribution in [0.3, 0.4) is 0 Å². The molecule has 3 aromatic carbocycles. The third kappa shape index (κ3) is 2.79. The first-order valence-corrected chi connectivity index (χ1v) is 9.16. The third-order valence-corrected chi connectivity index (χ3v) is 5.51. The second-order valence-electron chi connectivity index (χ2n) is 6.05. The van der Waals surface area contributed by atoms with Crippen LogP contribution in [0.5, 0.6) is 0 Å². The summed E-state index contributed by atoms with van der Waals surface area (Å²) < 4.78 is 3.29. The van der Waals surface area contributed by atoms with Gasteiger partial charge in [-0.25, -0.2) is 0 Å². The van der Waals surface area contributed by atoms with E-state index in [0.29, 0.717) is 5.56 Å². The highest BCUT2D eigenvalue weighted by atomic mass is 32.1. The van der Waals surface area contributed by atoms with Gasteiger partial charge in [0.1, 0.15) is 0 Å². The fourth-order valence-corrected chi connectivity index (χ4v) is 4.26. The summed E-state index contributed by atoms with van der Waals surface area (Å²) in [5.41, 5.74) is 2.88. The topological polar surface area (TPSA) is 34.4 Å². The monoisotopic (exact) mass is 346 g/mol. The first-order chi connectivity index (χ1) is 12.2. The number of nitrogens with zero attached hydrogens (tertiary/aromatic N) is 2. The highest BCUT2D eigenvalue weighted by Crippen LogP contribution is 2.27. The molecule has 4 aromatic rings. The molecule has 0 aliphatic heterocycles. The Hall–Kier alpha value is -2.72. The van der Waals surface area contributed by atoms with Crippen LogP contribution in [-0.2, 0) is 6.54 Å². The number of carbonyl (C=O) groups excluding carboxylic acids is 1. The van der Waals surface area contributed by atoms with Gasteiger partial charge in [-0.15, -0.1) is 0 Å². The predicted octanol–water partition coefficient (Wildman–Crippen LogP) is 4.93. The molecule has 0 saturated heterocycles. The van der Waals surface area contributed by atoms with Crippen LogP contribution >= 0.6 is 11.3 Å². The number of hydrogen-bond acceptors (Lipinski definition) is 2. The molecule has 25 heavy (non-hydrogen) atoms. The van der Waals surface area contributed by atoms with E-state index in [9.17, 15) is 4.79 Å². The number of carbonyl (C=O) groups is 1. The maximum atomic E-state index is 12.6. The molecule has 0 atom stereocenters. The van der Waals surface area contributed by atoms with E-state index in [0.717, 1.165) is 22.4 Å². The SMILES string of the molecule is CCn1c(=NC(=O)c2ccc(C)cc2)sc2c3ccccc3ccc21. The first-order valence-electron chi connectivity index (χ1n) is 8.34. The van der Waals surface area contributed by atoms with Crippen molar-refractivity contribution in [3.8, 4) is 0 Å². The average Bonchev–Trinajstić information content (AvgIpc) is 2.99. The van der Waals surface area contributed by atoms with Crippen molar-refractivity contribution in [3.63, 3.8) is 0 Å². The average molecular weight is 346 g/mol. The van der Waals surface area contributed by atoms with E-state index < -0.39 is 0 Å². The van der Waals surface area contributed by atoms with E-state index in [4.69, 9.17) is 0 Å². The first kappa shape index (κ1) is 15.8. The standard InChI is InChI=1S/C21H18N2OS/c1-3-23-18-13-12-15-6-4-5-7-17(15)19(18)25-21(23)22-20(24)16-10-8-14(2)9-11-16/h4-13H,3H2,1-2H3. The smallest absolute Gasteiger partial charge is 0.279 e. The van der Waals surface area contributed by atoms with Gasteiger partial charge in [-0.1, -0.05) is 59.4 Å². The Balaban J connectivity index is 1.93. The van der Waals surface area contributed by atoms with E-state index in [1.807, 2.05) is 43.3 Å². The van der Waals surface area contributed by atoms with E-state index in [-0.39, 0.29) is 5.91 Å². The van der Waals surface area contributed by atoms with Crippen molar-refractivity contribution in [2.24, 2.45) is 4.99 Å². The Kier molecular flexibility index (Phi) is 3.98. The largest absolute Gasteiger partial charge is 0.317 e. The summed E-state index contributed by atoms with van der Waals surface area (Å²) in [6.07, 6.45) is 0. The van der Waals surface area contributed by atoms with Gasteiger partial charge in [0.25, 0.3) is 5.91 Å². The second kappa shape index (κ2) is 6.30. The lowest BCUT2D eigenvalue weighted by molar-refractivity contribution is 0.0998. The molecule has 0 aliphatic carbocycles. The second-order valence-corrected chi connectivity index (χ2v) is 7.02. The number of hydrogen-bond donors (Lipinski definition) is 0. The molecule has 1 heterocycles. The molecule has 0 bridgehead atoms. The van der Waals surface area contributed by atoms with Crippen molar-refractivity contribution in [1.29, 1.82) is 0 Å². The molecular weight excluding hydrogens is 328 g/mol. The normalized spacial score (nSPS) is 12.2. The Bertz CT molecular complexity index is 1150. The van der Waals surface area contributed by atoms with Crippen molar-refractivity contribution < 1.29 is 4.79 Å². The number of aryl methyl sites for hydroxylation is 2. The van der Waals surface area contributed by atoms with Crippen molar-refractivity contribution in [2.75, 3.05) is 0 Å². The lowest BCUT2D eigenvalue weighted by atomic mass is 10.1. The van der Waals surface area contributed by atoms with E-state index in [1.54, 1.807) is 11.3 Å². The van der Waals surface area contributed by atoms with Gasteiger partial charge in [0, 0.05) is 17.5 Å². The van der Waals surface area contributed by atoms with E-state index in [1.165, 1.54) is 15.5 Å². The van der Waals surface area contributed by atoms with Crippen LogP contribution in [-0.4, -0.2) is 10.5 Å². The quantitative estimate of drug-likeness (QED) is 0.507. The van der Waals surface area contributed by atoms with Gasteiger partial charge in [-0.2, -0.15) is 4.99 Å². The zero-order chi connectivity index (χ0) is 17.4. The maximum absolute atomic E-state index is 12.6. The molecule has 0 unspecified atom stereocenters. The van der Waals surface area contributed by atoms with Gasteiger partial charge in [-0.05, 0) is 37.4 Å². The van der Waals surface area contributed by atoms with E-state index >= 15 is 0 Å². The Morgan fingerprint density at radius 2 is 1.80 bits per heavy atom. The number of thiazole rings is 1. The summed E-state index contributed by atoms with van der Waals surface area (Å²) in [7, 11) is 0. The van der Waals surface area contributed by atoms with Gasteiger partial charge in [0.15, 0.2) is 4.80 Å². The number of aromatic nitrogens is 1. The van der Waals surface area contributed by atoms with Gasteiger partial charge < -0.3 is 4.57 Å². The van der Waals surface area contributed by atoms with Crippen LogP contribution in [0.4, 0.5) is 0 Å². The molecular formula is C21H18N2OS. The highest BCUT2D eigenvalue weighted by Gasteiger charge is 2.10. The van der Waals surface area contributed by atoms with Gasteiger partial charge in [0.05, 0.1) is 10.2 Å². The lowest BCUT2D eigenvalue weighted by Crippen LogP contribution is -2.15. The van der Waals surface area contributed by atoms with Crippen LogP contribution in [0.25, 0.3) is 21.0 Å². The summed E-state index contributed by atoms with van der Waals surface area (Å²) in [6, 6.07) is 20.1. The summed E-state index contributed by atoms with van der Waals surface area (Å²) in [5.74, 6) is -0.196. The molecule has 0 N–H and O–H groups in total. The van der Waals surface area contributed by atoms with Gasteiger partial charge in [0.2, 0.25) is 0 Å². The molecule has 1 amide bonds. The molecule has 4 rings (SSSR count). The van der Waals surface area contributed by atoms with Gasteiger partial charge in [-0.3, -0.25) is 4.79 Å². The fraction of sp³-hybridized carbons (Fsp3) is 0.143. The highest BCUT2D eigenvalue weighted by molar-refractivity contribution is 7.17. The Morgan fingerprint density at radius 1 is 1.04 bits per heavy atom. The minimum Gasteiger partial charge on any atom is -0.317 e. The lowest BCUT2D eigenvalue weighted by Gasteiger charge is -2.02. The van der Waals surface area contributed by atoms with Crippen LogP contribution in [0.2, 0.25) is 0 Å². The number of fused-ring (bicyclic) bond motifs is 3. The fourth-order valence-electron chi connectivity index (χ4n) is 3.04. The number of rotatable bonds is 2. The molecule has 1 aromatic heterocycles. The van der Waals surface area contributed by atoms with Crippen LogP contribution in [0.1, 0.15) is 22.8 Å². The molecule has 0 radical (unpaired) electrons.